The van der Waals surface area contributed by atoms with Crippen LogP contribution in [0.3, 0.4) is 0 Å². The fraction of sp³-hybridized carbons (Fsp3) is 0.909. The van der Waals surface area contributed by atoms with E-state index in [0.29, 0.717) is 17.9 Å². The lowest BCUT2D eigenvalue weighted by Crippen LogP contribution is -2.38. The fourth-order valence-electron chi connectivity index (χ4n) is 2.48. The fourth-order valence-corrected chi connectivity index (χ4v) is 2.48. The van der Waals surface area contributed by atoms with E-state index < -0.39 is 0 Å². The summed E-state index contributed by atoms with van der Waals surface area (Å²) in [5.41, 5.74) is 0. The van der Waals surface area contributed by atoms with Gasteiger partial charge in [-0.15, -0.1) is 0 Å². The van der Waals surface area contributed by atoms with Gasteiger partial charge in [0.1, 0.15) is 0 Å². The maximum Gasteiger partial charge on any atom is 0.222 e. The van der Waals surface area contributed by atoms with E-state index in [2.05, 4.69) is 17.1 Å². The van der Waals surface area contributed by atoms with Crippen molar-refractivity contribution in [3.05, 3.63) is 0 Å². The SMILES string of the molecule is CCC1CC(=O)N(C[C@H]2CCCN2)C1. The minimum absolute atomic E-state index is 0.366. The van der Waals surface area contributed by atoms with Crippen molar-refractivity contribution >= 4 is 5.91 Å². The van der Waals surface area contributed by atoms with Crippen LogP contribution in [0.4, 0.5) is 0 Å². The number of carbonyl (C=O) groups is 1. The van der Waals surface area contributed by atoms with Gasteiger partial charge in [-0.1, -0.05) is 13.3 Å². The van der Waals surface area contributed by atoms with E-state index in [9.17, 15) is 4.79 Å². The van der Waals surface area contributed by atoms with E-state index in [1.54, 1.807) is 0 Å². The molecule has 2 saturated heterocycles. The van der Waals surface area contributed by atoms with Crippen molar-refractivity contribution < 1.29 is 4.79 Å². The van der Waals surface area contributed by atoms with Gasteiger partial charge in [-0.2, -0.15) is 0 Å². The highest BCUT2D eigenvalue weighted by Gasteiger charge is 2.30. The van der Waals surface area contributed by atoms with Crippen LogP contribution in [0.15, 0.2) is 0 Å². The molecule has 0 aliphatic carbocycles. The molecular formula is C11H20N2O. The number of nitrogens with zero attached hydrogens (tertiary/aromatic N) is 1. The van der Waals surface area contributed by atoms with Crippen molar-refractivity contribution in [1.82, 2.24) is 10.2 Å². The molecule has 1 N–H and O–H groups in total. The number of amides is 1. The van der Waals surface area contributed by atoms with E-state index in [0.717, 1.165) is 32.5 Å². The summed E-state index contributed by atoms with van der Waals surface area (Å²) in [6.45, 7) is 5.24. The maximum atomic E-state index is 11.6. The van der Waals surface area contributed by atoms with Crippen LogP contribution in [0.5, 0.6) is 0 Å². The van der Waals surface area contributed by atoms with Crippen LogP contribution in [0, 0.1) is 5.92 Å². The van der Waals surface area contributed by atoms with E-state index >= 15 is 0 Å². The summed E-state index contributed by atoms with van der Waals surface area (Å²) in [5, 5.41) is 3.44. The molecule has 2 rings (SSSR count). The van der Waals surface area contributed by atoms with Crippen LogP contribution in [0.2, 0.25) is 0 Å². The lowest BCUT2D eigenvalue weighted by atomic mass is 10.1. The van der Waals surface area contributed by atoms with Crippen molar-refractivity contribution in [3.63, 3.8) is 0 Å². The largest absolute Gasteiger partial charge is 0.341 e. The Balaban J connectivity index is 1.82. The van der Waals surface area contributed by atoms with Crippen LogP contribution in [-0.4, -0.2) is 36.5 Å². The number of rotatable bonds is 3. The summed E-state index contributed by atoms with van der Waals surface area (Å²) in [7, 11) is 0. The van der Waals surface area contributed by atoms with Crippen LogP contribution >= 0.6 is 0 Å². The minimum Gasteiger partial charge on any atom is -0.341 e. The van der Waals surface area contributed by atoms with E-state index in [1.807, 2.05) is 0 Å². The Labute approximate surface area is 85.8 Å². The summed E-state index contributed by atoms with van der Waals surface area (Å²) in [5.74, 6) is 0.981. The molecule has 80 valence electrons. The molecule has 0 radical (unpaired) electrons. The third kappa shape index (κ3) is 2.08. The molecule has 0 aromatic rings. The lowest BCUT2D eigenvalue weighted by molar-refractivity contribution is -0.128. The Morgan fingerprint density at radius 2 is 2.43 bits per heavy atom. The number of nitrogens with one attached hydrogen (secondary N) is 1. The zero-order valence-corrected chi connectivity index (χ0v) is 8.96. The van der Waals surface area contributed by atoms with Crippen molar-refractivity contribution in [2.75, 3.05) is 19.6 Å². The Hall–Kier alpha value is -0.570. The molecule has 3 heteroatoms. The molecule has 0 aromatic carbocycles. The zero-order valence-electron chi connectivity index (χ0n) is 8.96. The molecule has 0 aromatic heterocycles. The van der Waals surface area contributed by atoms with E-state index in [-0.39, 0.29) is 0 Å². The molecule has 14 heavy (non-hydrogen) atoms. The topological polar surface area (TPSA) is 32.3 Å². The van der Waals surface area contributed by atoms with Crippen LogP contribution in [0.1, 0.15) is 32.6 Å². The molecule has 0 spiro atoms. The van der Waals surface area contributed by atoms with Gasteiger partial charge in [-0.25, -0.2) is 0 Å². The first-order valence-corrected chi connectivity index (χ1v) is 5.80. The summed E-state index contributed by atoms with van der Waals surface area (Å²) in [4.78, 5) is 13.7. The second-order valence-electron chi connectivity index (χ2n) is 4.57. The van der Waals surface area contributed by atoms with Crippen LogP contribution in [-0.2, 0) is 4.79 Å². The van der Waals surface area contributed by atoms with E-state index in [4.69, 9.17) is 0 Å². The molecule has 2 aliphatic heterocycles. The first-order chi connectivity index (χ1) is 6.79. The molecule has 1 unspecified atom stereocenters. The second kappa shape index (κ2) is 4.30. The second-order valence-corrected chi connectivity index (χ2v) is 4.57. The predicted octanol–water partition coefficient (Wildman–Crippen LogP) is 0.997. The lowest BCUT2D eigenvalue weighted by Gasteiger charge is -2.20. The molecule has 3 nitrogen and oxygen atoms in total. The highest BCUT2D eigenvalue weighted by Crippen LogP contribution is 2.21. The Morgan fingerprint density at radius 1 is 1.57 bits per heavy atom. The Kier molecular flexibility index (Phi) is 3.06. The summed E-state index contributed by atoms with van der Waals surface area (Å²) in [6, 6.07) is 0.564. The molecule has 1 amide bonds. The average Bonchev–Trinajstić information content (AvgIpc) is 2.78. The number of carbonyl (C=O) groups excluding carboxylic acids is 1. The predicted molar refractivity (Wildman–Crippen MR) is 56.0 cm³/mol. The summed E-state index contributed by atoms with van der Waals surface area (Å²) >= 11 is 0. The van der Waals surface area contributed by atoms with Crippen molar-refractivity contribution in [2.24, 2.45) is 5.92 Å². The Bertz CT molecular complexity index is 211. The molecule has 2 atom stereocenters. The summed E-state index contributed by atoms with van der Waals surface area (Å²) in [6.07, 6.45) is 4.42. The first kappa shape index (κ1) is 9.97. The maximum absolute atomic E-state index is 11.6. The third-order valence-corrected chi connectivity index (χ3v) is 3.48. The molecule has 0 bridgehead atoms. The molecule has 2 aliphatic rings. The van der Waals surface area contributed by atoms with Gasteiger partial charge < -0.3 is 10.2 Å². The standard InChI is InChI=1S/C11H20N2O/c1-2-9-6-11(14)13(7-9)8-10-4-3-5-12-10/h9-10,12H,2-8H2,1H3/t9?,10-/m1/s1. The van der Waals surface area contributed by atoms with E-state index in [1.165, 1.54) is 12.8 Å². The van der Waals surface area contributed by atoms with Gasteiger partial charge in [-0.3, -0.25) is 4.79 Å². The molecule has 2 heterocycles. The quantitative estimate of drug-likeness (QED) is 0.730. The third-order valence-electron chi connectivity index (χ3n) is 3.48. The summed E-state index contributed by atoms with van der Waals surface area (Å²) < 4.78 is 0. The van der Waals surface area contributed by atoms with Crippen LogP contribution < -0.4 is 5.32 Å². The van der Waals surface area contributed by atoms with Gasteiger partial charge in [0.2, 0.25) is 5.91 Å². The van der Waals surface area contributed by atoms with Crippen molar-refractivity contribution in [1.29, 1.82) is 0 Å². The normalized spacial score (nSPS) is 32.9. The van der Waals surface area contributed by atoms with Crippen molar-refractivity contribution in [3.8, 4) is 0 Å². The zero-order chi connectivity index (χ0) is 9.97. The highest BCUT2D eigenvalue weighted by molar-refractivity contribution is 5.78. The monoisotopic (exact) mass is 196 g/mol. The van der Waals surface area contributed by atoms with Gasteiger partial charge in [0, 0.05) is 25.6 Å². The minimum atomic E-state index is 0.366. The number of hydrogen-bond donors (Lipinski definition) is 1. The Morgan fingerprint density at radius 3 is 3.00 bits per heavy atom. The number of hydrogen-bond acceptors (Lipinski definition) is 2. The van der Waals surface area contributed by atoms with Crippen LogP contribution in [0.25, 0.3) is 0 Å². The van der Waals surface area contributed by atoms with Crippen molar-refractivity contribution in [2.45, 2.75) is 38.6 Å². The number of likely N-dealkylation sites (tertiary alicyclic amines) is 1. The molecule has 2 fully saturated rings. The van der Waals surface area contributed by atoms with Gasteiger partial charge >= 0.3 is 0 Å². The molecule has 0 saturated carbocycles. The first-order valence-electron chi connectivity index (χ1n) is 5.80. The molecular weight excluding hydrogens is 176 g/mol. The highest BCUT2D eigenvalue weighted by atomic mass is 16.2. The average molecular weight is 196 g/mol. The van der Waals surface area contributed by atoms with Gasteiger partial charge in [0.05, 0.1) is 0 Å². The smallest absolute Gasteiger partial charge is 0.222 e. The van der Waals surface area contributed by atoms with Gasteiger partial charge in [0.15, 0.2) is 0 Å². The van der Waals surface area contributed by atoms with Gasteiger partial charge in [-0.05, 0) is 25.3 Å². The van der Waals surface area contributed by atoms with Gasteiger partial charge in [0.25, 0.3) is 0 Å².